The number of anilines is 1. The summed E-state index contributed by atoms with van der Waals surface area (Å²) in [4.78, 5) is 0. The van der Waals surface area contributed by atoms with Crippen LogP contribution in [0.4, 0.5) is 5.69 Å². The second-order valence-corrected chi connectivity index (χ2v) is 6.38. The van der Waals surface area contributed by atoms with Crippen molar-refractivity contribution in [1.29, 1.82) is 0 Å². The summed E-state index contributed by atoms with van der Waals surface area (Å²) in [5, 5.41) is 23.5. The third kappa shape index (κ3) is 2.72. The van der Waals surface area contributed by atoms with E-state index in [2.05, 4.69) is 15.3 Å². The summed E-state index contributed by atoms with van der Waals surface area (Å²) in [5.41, 5.74) is 12.1. The minimum absolute atomic E-state index is 0.559. The molecule has 0 fully saturated rings. The summed E-state index contributed by atoms with van der Waals surface area (Å²) in [6.07, 6.45) is 5.20. The van der Waals surface area contributed by atoms with Gasteiger partial charge in [0.2, 0.25) is 0 Å². The van der Waals surface area contributed by atoms with E-state index in [1.807, 2.05) is 54.2 Å². The quantitative estimate of drug-likeness (QED) is 0.557. The third-order valence-electron chi connectivity index (χ3n) is 4.57. The van der Waals surface area contributed by atoms with Gasteiger partial charge in [0.05, 0.1) is 23.1 Å². The molecule has 3 N–H and O–H groups in total. The standard InChI is InChI=1S/C19H18BN5O/c1-12-8-19(25-7-3-6-23-25)15(10-16(12)20(2)26)13-4-5-14-17(21)11-22-24-18(14)9-13/h3-11,26H,1-2H3,(H2,21,24). The number of nitrogens with two attached hydrogens (primary N) is 1. The van der Waals surface area contributed by atoms with Crippen molar-refractivity contribution in [3.8, 4) is 16.8 Å². The fourth-order valence-electron chi connectivity index (χ4n) is 3.24. The average Bonchev–Trinajstić information content (AvgIpc) is 3.15. The van der Waals surface area contributed by atoms with E-state index in [0.29, 0.717) is 5.69 Å². The predicted molar refractivity (Wildman–Crippen MR) is 105 cm³/mol. The van der Waals surface area contributed by atoms with E-state index in [4.69, 9.17) is 5.73 Å². The minimum Gasteiger partial charge on any atom is -0.446 e. The second-order valence-electron chi connectivity index (χ2n) is 6.38. The van der Waals surface area contributed by atoms with Gasteiger partial charge in [-0.05, 0) is 42.2 Å². The zero-order chi connectivity index (χ0) is 18.3. The highest BCUT2D eigenvalue weighted by Gasteiger charge is 2.17. The summed E-state index contributed by atoms with van der Waals surface area (Å²) >= 11 is 0. The van der Waals surface area contributed by atoms with Crippen molar-refractivity contribution in [2.45, 2.75) is 13.7 Å². The second kappa shape index (κ2) is 6.27. The molecular weight excluding hydrogens is 325 g/mol. The molecule has 0 aliphatic heterocycles. The molecule has 7 heteroatoms. The molecule has 0 radical (unpaired) electrons. The van der Waals surface area contributed by atoms with Crippen molar-refractivity contribution < 1.29 is 5.02 Å². The molecule has 2 aromatic heterocycles. The molecular formula is C19H18BN5O. The number of fused-ring (bicyclic) bond motifs is 1. The first-order valence-corrected chi connectivity index (χ1v) is 8.38. The van der Waals surface area contributed by atoms with Crippen molar-refractivity contribution in [2.75, 3.05) is 5.73 Å². The first-order chi connectivity index (χ1) is 12.5. The number of hydrogen-bond donors (Lipinski definition) is 2. The van der Waals surface area contributed by atoms with E-state index in [1.54, 1.807) is 19.2 Å². The first kappa shape index (κ1) is 16.3. The maximum absolute atomic E-state index is 10.1. The monoisotopic (exact) mass is 343 g/mol. The maximum Gasteiger partial charge on any atom is 0.320 e. The number of benzene rings is 2. The molecule has 2 heterocycles. The highest BCUT2D eigenvalue weighted by Crippen LogP contribution is 2.30. The van der Waals surface area contributed by atoms with Crippen LogP contribution in [0.3, 0.4) is 0 Å². The van der Waals surface area contributed by atoms with Crippen molar-refractivity contribution in [3.63, 3.8) is 0 Å². The van der Waals surface area contributed by atoms with Gasteiger partial charge in [-0.3, -0.25) is 0 Å². The number of aryl methyl sites for hydroxylation is 1. The lowest BCUT2D eigenvalue weighted by molar-refractivity contribution is 0.593. The predicted octanol–water partition coefficient (Wildman–Crippen LogP) is 2.19. The van der Waals surface area contributed by atoms with E-state index < -0.39 is 6.92 Å². The van der Waals surface area contributed by atoms with Crippen LogP contribution >= 0.6 is 0 Å². The molecule has 0 saturated carbocycles. The fourth-order valence-corrected chi connectivity index (χ4v) is 3.24. The highest BCUT2D eigenvalue weighted by molar-refractivity contribution is 6.65. The van der Waals surface area contributed by atoms with Gasteiger partial charge in [-0.1, -0.05) is 24.5 Å². The molecule has 0 aliphatic rings. The summed E-state index contributed by atoms with van der Waals surface area (Å²) in [6, 6.07) is 11.8. The van der Waals surface area contributed by atoms with Crippen LogP contribution < -0.4 is 11.2 Å². The molecule has 2 aromatic carbocycles. The normalized spacial score (nSPS) is 11.0. The van der Waals surface area contributed by atoms with Crippen LogP contribution in [0.15, 0.2) is 55.0 Å². The van der Waals surface area contributed by atoms with Crippen LogP contribution in [-0.4, -0.2) is 31.9 Å². The Bertz CT molecular complexity index is 1090. The number of hydrogen-bond acceptors (Lipinski definition) is 5. The van der Waals surface area contributed by atoms with Gasteiger partial charge < -0.3 is 10.8 Å². The number of nitrogen functional groups attached to an aromatic ring is 1. The Balaban J connectivity index is 1.99. The Kier molecular flexibility index (Phi) is 3.93. The third-order valence-corrected chi connectivity index (χ3v) is 4.57. The molecule has 0 spiro atoms. The molecule has 128 valence electrons. The van der Waals surface area contributed by atoms with Gasteiger partial charge in [-0.15, -0.1) is 0 Å². The lowest BCUT2D eigenvalue weighted by atomic mass is 9.62. The molecule has 0 bridgehead atoms. The van der Waals surface area contributed by atoms with E-state index in [9.17, 15) is 5.02 Å². The SMILES string of the molecule is CB(O)c1cc(-c2ccc3c(N)cnnc3c2)c(-n2cccn2)cc1C. The number of rotatable bonds is 3. The lowest BCUT2D eigenvalue weighted by Gasteiger charge is -2.16. The van der Waals surface area contributed by atoms with E-state index in [-0.39, 0.29) is 0 Å². The minimum atomic E-state index is -0.559. The van der Waals surface area contributed by atoms with E-state index in [1.165, 1.54) is 0 Å². The number of aromatic nitrogens is 4. The fraction of sp³-hybridized carbons (Fsp3) is 0.105. The van der Waals surface area contributed by atoms with Crippen LogP contribution in [0.5, 0.6) is 0 Å². The molecule has 0 amide bonds. The summed E-state index contributed by atoms with van der Waals surface area (Å²) in [5.74, 6) is 0. The lowest BCUT2D eigenvalue weighted by Crippen LogP contribution is -2.29. The van der Waals surface area contributed by atoms with Crippen molar-refractivity contribution in [1.82, 2.24) is 20.0 Å². The summed E-state index contributed by atoms with van der Waals surface area (Å²) in [6.45, 7) is 3.20. The van der Waals surface area contributed by atoms with Crippen LogP contribution in [0, 0.1) is 6.92 Å². The molecule has 4 aromatic rings. The van der Waals surface area contributed by atoms with Crippen molar-refractivity contribution >= 4 is 29.0 Å². The van der Waals surface area contributed by atoms with Gasteiger partial charge in [0, 0.05) is 23.3 Å². The largest absolute Gasteiger partial charge is 0.446 e. The van der Waals surface area contributed by atoms with Gasteiger partial charge in [0.25, 0.3) is 0 Å². The Morgan fingerprint density at radius 3 is 2.77 bits per heavy atom. The van der Waals surface area contributed by atoms with Crippen LogP contribution in [-0.2, 0) is 0 Å². The summed E-state index contributed by atoms with van der Waals surface area (Å²) < 4.78 is 1.82. The van der Waals surface area contributed by atoms with E-state index in [0.717, 1.165) is 38.7 Å². The van der Waals surface area contributed by atoms with Gasteiger partial charge >= 0.3 is 6.92 Å². The number of nitrogens with zero attached hydrogens (tertiary/aromatic N) is 4. The Labute approximate surface area is 151 Å². The molecule has 0 saturated heterocycles. The molecule has 6 nitrogen and oxygen atoms in total. The topological polar surface area (TPSA) is 89.9 Å². The molecule has 0 atom stereocenters. The molecule has 26 heavy (non-hydrogen) atoms. The smallest absolute Gasteiger partial charge is 0.320 e. The molecule has 4 rings (SSSR count). The summed E-state index contributed by atoms with van der Waals surface area (Å²) in [7, 11) is 0. The Morgan fingerprint density at radius 2 is 2.04 bits per heavy atom. The van der Waals surface area contributed by atoms with Gasteiger partial charge in [0.1, 0.15) is 0 Å². The van der Waals surface area contributed by atoms with Gasteiger partial charge in [-0.2, -0.15) is 15.3 Å². The molecule has 0 unspecified atom stereocenters. The van der Waals surface area contributed by atoms with Gasteiger partial charge in [0.15, 0.2) is 0 Å². The van der Waals surface area contributed by atoms with Crippen molar-refractivity contribution in [2.24, 2.45) is 0 Å². The Morgan fingerprint density at radius 1 is 1.19 bits per heavy atom. The Hall–Kier alpha value is -3.19. The molecule has 0 aliphatic carbocycles. The highest BCUT2D eigenvalue weighted by atomic mass is 16.2. The van der Waals surface area contributed by atoms with Crippen LogP contribution in [0.2, 0.25) is 6.82 Å². The maximum atomic E-state index is 10.1. The van der Waals surface area contributed by atoms with Crippen LogP contribution in [0.1, 0.15) is 5.56 Å². The zero-order valence-electron chi connectivity index (χ0n) is 14.6. The first-order valence-electron chi connectivity index (χ1n) is 8.38. The average molecular weight is 343 g/mol. The zero-order valence-corrected chi connectivity index (χ0v) is 14.6. The van der Waals surface area contributed by atoms with Crippen LogP contribution in [0.25, 0.3) is 27.7 Å². The van der Waals surface area contributed by atoms with Crippen molar-refractivity contribution in [3.05, 3.63) is 60.6 Å². The van der Waals surface area contributed by atoms with Gasteiger partial charge in [-0.25, -0.2) is 4.68 Å². The van der Waals surface area contributed by atoms with E-state index >= 15 is 0 Å².